The standard InChI is InChI=1S/C48H11B19O/c49-28-24(37(58)45(66)47-26(28)27-38(59)43(64)44(65)46(67)48(27)68-47)25-35(56)33(54)23(34(55)36(25)57)18-21-19(29(50)39(60)41(62)31(21)52)17(20-22(18)32(53)42(63)40(61)30(20)51)14-8-5-13(6-9-14)16-10-7-12-3-1-2-4-15(12)11-16/h1-11H. The molecule has 0 spiro atoms. The summed E-state index contributed by atoms with van der Waals surface area (Å²) in [6, 6.07) is 22.0. The monoisotopic (exact) mass is 812 g/mol. The van der Waals surface area contributed by atoms with Crippen LogP contribution in [0.3, 0.4) is 0 Å². The summed E-state index contributed by atoms with van der Waals surface area (Å²) in [5.74, 6) is 0. The quantitative estimate of drug-likeness (QED) is 0.128. The van der Waals surface area contributed by atoms with Gasteiger partial charge in [0.15, 0.2) is 0 Å². The molecule has 0 aliphatic heterocycles. The molecule has 0 aliphatic carbocycles. The topological polar surface area (TPSA) is 13.1 Å². The van der Waals surface area contributed by atoms with Gasteiger partial charge >= 0.3 is 0 Å². The zero-order valence-corrected chi connectivity index (χ0v) is 36.2. The van der Waals surface area contributed by atoms with E-state index in [-0.39, 0.29) is 159 Å². The molecule has 9 aromatic carbocycles. The molecule has 0 unspecified atom stereocenters. The van der Waals surface area contributed by atoms with Gasteiger partial charge in [-0.1, -0.05) is 132 Å². The summed E-state index contributed by atoms with van der Waals surface area (Å²) in [4.78, 5) is 0. The SMILES string of the molecule is [B]c1c([B])c(-c2c3c([B])c([B])c([B])c([B])c3c(-c3ccc(-c4ccc5ccccc5c4)cc3)c3c([B])c([B])c([B])c([B])c23)c([B])c([B])c1-c1c([B])c([B])c2oc3c([B])c([B])c([B])c([B])c3c2c1[B]. The van der Waals surface area contributed by atoms with Gasteiger partial charge in [-0.15, -0.1) is 32.8 Å². The molecule has 0 fully saturated rings. The van der Waals surface area contributed by atoms with Crippen molar-refractivity contribution in [1.29, 1.82) is 0 Å². The zero-order chi connectivity index (χ0) is 48.8. The largest absolute Gasteiger partial charge is 0.457 e. The Labute approximate surface area is 420 Å². The first-order valence-electron chi connectivity index (χ1n) is 20.8. The Bertz CT molecular complexity index is 3840. The molecule has 0 saturated heterocycles. The van der Waals surface area contributed by atoms with Gasteiger partial charge in [-0.3, -0.25) is 0 Å². The van der Waals surface area contributed by atoms with Gasteiger partial charge in [0.05, 0.1) is 0 Å². The number of hydrogen-bond acceptors (Lipinski definition) is 1. The lowest BCUT2D eigenvalue weighted by Gasteiger charge is -2.32. The van der Waals surface area contributed by atoms with Gasteiger partial charge in [-0.05, 0) is 82.9 Å². The molecular weight excluding hydrogens is 798 g/mol. The molecule has 38 radical (unpaired) electrons. The minimum Gasteiger partial charge on any atom is -0.457 e. The fourth-order valence-corrected chi connectivity index (χ4v) is 9.72. The van der Waals surface area contributed by atoms with Crippen LogP contribution in [0.5, 0.6) is 0 Å². The zero-order valence-electron chi connectivity index (χ0n) is 36.2. The normalized spacial score (nSPS) is 11.8. The van der Waals surface area contributed by atoms with Gasteiger partial charge in [-0.25, -0.2) is 0 Å². The second kappa shape index (κ2) is 16.5. The van der Waals surface area contributed by atoms with E-state index in [2.05, 4.69) is 24.3 Å². The minimum absolute atomic E-state index is 0.000905. The maximum atomic E-state index is 7.16. The molecule has 266 valence electrons. The fraction of sp³-hybridized carbons (Fsp3) is 0. The van der Waals surface area contributed by atoms with Gasteiger partial charge in [0.1, 0.15) is 160 Å². The highest BCUT2D eigenvalue weighted by Crippen LogP contribution is 2.40. The van der Waals surface area contributed by atoms with Crippen LogP contribution in [0, 0.1) is 0 Å². The second-order valence-electron chi connectivity index (χ2n) is 16.9. The first kappa shape index (κ1) is 46.5. The summed E-state index contributed by atoms with van der Waals surface area (Å²) in [6.45, 7) is 0. The molecular formula is C48H11B19O. The van der Waals surface area contributed by atoms with Crippen molar-refractivity contribution in [3.05, 3.63) is 66.7 Å². The highest BCUT2D eigenvalue weighted by atomic mass is 16.3. The first-order chi connectivity index (χ1) is 32.2. The van der Waals surface area contributed by atoms with Crippen molar-refractivity contribution < 1.29 is 4.42 Å². The van der Waals surface area contributed by atoms with E-state index in [4.69, 9.17) is 153 Å². The number of fused-ring (bicyclic) bond motifs is 6. The molecule has 10 aromatic rings. The number of hydrogen-bond donors (Lipinski definition) is 0. The summed E-state index contributed by atoms with van der Waals surface area (Å²) < 4.78 is 6.09. The van der Waals surface area contributed by atoms with E-state index < -0.39 is 0 Å². The van der Waals surface area contributed by atoms with Gasteiger partial charge in [0, 0.05) is 10.8 Å². The molecule has 0 saturated carbocycles. The average Bonchev–Trinajstić information content (AvgIpc) is 3.75. The molecule has 0 aliphatic rings. The first-order valence-corrected chi connectivity index (χ1v) is 20.8. The van der Waals surface area contributed by atoms with E-state index in [0.29, 0.717) is 21.9 Å². The van der Waals surface area contributed by atoms with E-state index in [9.17, 15) is 0 Å². The maximum absolute atomic E-state index is 7.16. The van der Waals surface area contributed by atoms with Gasteiger partial charge in [0.25, 0.3) is 0 Å². The minimum atomic E-state index is -0.146. The number of rotatable bonds is 4. The Morgan fingerprint density at radius 1 is 0.221 bits per heavy atom. The van der Waals surface area contributed by atoms with Crippen molar-refractivity contribution in [2.75, 3.05) is 0 Å². The predicted octanol–water partition coefficient (Wildman–Crippen LogP) is -9.20. The van der Waals surface area contributed by atoms with Crippen molar-refractivity contribution in [3.63, 3.8) is 0 Å². The van der Waals surface area contributed by atoms with Gasteiger partial charge < -0.3 is 4.42 Å². The summed E-state index contributed by atoms with van der Waals surface area (Å²) in [7, 11) is 129. The fourth-order valence-electron chi connectivity index (χ4n) is 9.72. The average molecular weight is 809 g/mol. The molecule has 1 heterocycles. The third-order valence-electron chi connectivity index (χ3n) is 13.4. The van der Waals surface area contributed by atoms with Crippen LogP contribution >= 0.6 is 0 Å². The van der Waals surface area contributed by atoms with Crippen molar-refractivity contribution in [2.45, 2.75) is 0 Å². The third-order valence-corrected chi connectivity index (χ3v) is 13.4. The van der Waals surface area contributed by atoms with Crippen LogP contribution in [0.15, 0.2) is 71.1 Å². The van der Waals surface area contributed by atoms with Crippen LogP contribution in [-0.2, 0) is 0 Å². The molecule has 1 aromatic heterocycles. The van der Waals surface area contributed by atoms with Crippen molar-refractivity contribution in [1.82, 2.24) is 0 Å². The molecule has 68 heavy (non-hydrogen) atoms. The Balaban J connectivity index is 1.32. The molecule has 0 bridgehead atoms. The highest BCUT2D eigenvalue weighted by Gasteiger charge is 2.29. The second-order valence-corrected chi connectivity index (χ2v) is 16.9. The van der Waals surface area contributed by atoms with Crippen LogP contribution in [-0.4, -0.2) is 149 Å². The predicted molar refractivity (Wildman–Crippen MR) is 310 cm³/mol. The van der Waals surface area contributed by atoms with Gasteiger partial charge in [0.2, 0.25) is 0 Å². The van der Waals surface area contributed by atoms with Crippen molar-refractivity contribution in [2.24, 2.45) is 0 Å². The highest BCUT2D eigenvalue weighted by molar-refractivity contribution is 6.74. The summed E-state index contributed by atoms with van der Waals surface area (Å²) in [6.07, 6.45) is 0. The Morgan fingerprint density at radius 2 is 0.544 bits per heavy atom. The van der Waals surface area contributed by atoms with Crippen molar-refractivity contribution >= 4 is 307 Å². The third kappa shape index (κ3) is 6.36. The van der Waals surface area contributed by atoms with Crippen molar-refractivity contribution in [3.8, 4) is 44.5 Å². The van der Waals surface area contributed by atoms with E-state index in [1.54, 1.807) is 0 Å². The van der Waals surface area contributed by atoms with E-state index in [1.807, 2.05) is 42.5 Å². The van der Waals surface area contributed by atoms with Crippen LogP contribution in [0.2, 0.25) is 0 Å². The van der Waals surface area contributed by atoms with Crippen LogP contribution < -0.4 is 104 Å². The molecule has 20 heteroatoms. The Kier molecular flexibility index (Phi) is 11.3. The van der Waals surface area contributed by atoms with E-state index in [1.165, 1.54) is 0 Å². The lowest BCUT2D eigenvalue weighted by atomic mass is 9.56. The summed E-state index contributed by atoms with van der Waals surface area (Å²) in [5.41, 5.74) is 2.62. The molecule has 0 atom stereocenters. The summed E-state index contributed by atoms with van der Waals surface area (Å²) >= 11 is 0. The smallest absolute Gasteiger partial charge is 0.127 e. The van der Waals surface area contributed by atoms with Crippen LogP contribution in [0.1, 0.15) is 0 Å². The number of benzene rings is 9. The van der Waals surface area contributed by atoms with E-state index in [0.717, 1.165) is 21.9 Å². The summed E-state index contributed by atoms with van der Waals surface area (Å²) in [5, 5.41) is 3.66. The molecule has 0 N–H and O–H groups in total. The van der Waals surface area contributed by atoms with Crippen LogP contribution in [0.25, 0.3) is 98.8 Å². The Hall–Kier alpha value is -5.21. The Morgan fingerprint density at radius 3 is 1.03 bits per heavy atom. The van der Waals surface area contributed by atoms with E-state index >= 15 is 0 Å². The number of furan rings is 1. The van der Waals surface area contributed by atoms with Crippen LogP contribution in [0.4, 0.5) is 0 Å². The molecule has 10 rings (SSSR count). The lowest BCUT2D eigenvalue weighted by Crippen LogP contribution is -2.51. The van der Waals surface area contributed by atoms with Gasteiger partial charge in [-0.2, -0.15) is 0 Å². The molecule has 1 nitrogen and oxygen atoms in total. The molecule has 0 amide bonds. The maximum Gasteiger partial charge on any atom is 0.127 e. The lowest BCUT2D eigenvalue weighted by molar-refractivity contribution is 0.675.